The molecule has 0 heterocycles. The van der Waals surface area contributed by atoms with Crippen LogP contribution in [0.2, 0.25) is 0 Å². The average Bonchev–Trinajstić information content (AvgIpc) is 2.31. The highest BCUT2D eigenvalue weighted by Crippen LogP contribution is 2.13. The van der Waals surface area contributed by atoms with Gasteiger partial charge >= 0.3 is 5.97 Å². The van der Waals surface area contributed by atoms with Gasteiger partial charge in [-0.1, -0.05) is 6.92 Å². The highest BCUT2D eigenvalue weighted by Gasteiger charge is 2.12. The van der Waals surface area contributed by atoms with Crippen LogP contribution in [0.4, 0.5) is 4.39 Å². The summed E-state index contributed by atoms with van der Waals surface area (Å²) < 4.78 is 13.6. The summed E-state index contributed by atoms with van der Waals surface area (Å²) in [6.45, 7) is 2.56. The molecule has 0 fully saturated rings. The summed E-state index contributed by atoms with van der Waals surface area (Å²) in [5.74, 6) is -1.36. The third-order valence-electron chi connectivity index (χ3n) is 2.47. The second kappa shape index (κ2) is 6.72. The summed E-state index contributed by atoms with van der Waals surface area (Å²) in [5.41, 5.74) is 0.724. The van der Waals surface area contributed by atoms with Crippen molar-refractivity contribution in [2.75, 3.05) is 13.1 Å². The fourth-order valence-electron chi connectivity index (χ4n) is 1.73. The molecule has 0 saturated heterocycles. The summed E-state index contributed by atoms with van der Waals surface area (Å²) in [6, 6.07) is 6.04. The number of carbonyl (C=O) groups is 1. The van der Waals surface area contributed by atoms with Gasteiger partial charge in [0.05, 0.1) is 18.2 Å². The highest BCUT2D eigenvalue weighted by atomic mass is 19.1. The number of aliphatic carboxylic acids is 1. The Morgan fingerprint density at radius 2 is 2.28 bits per heavy atom. The summed E-state index contributed by atoms with van der Waals surface area (Å²) in [4.78, 5) is 12.3. The van der Waals surface area contributed by atoms with E-state index in [-0.39, 0.29) is 13.1 Å². The number of nitrogens with zero attached hydrogens (tertiary/aromatic N) is 2. The van der Waals surface area contributed by atoms with Gasteiger partial charge in [-0.3, -0.25) is 9.69 Å². The number of carboxylic acid groups (broad SMARTS) is 1. The first-order valence-electron chi connectivity index (χ1n) is 5.69. The van der Waals surface area contributed by atoms with Crippen LogP contribution in [0.1, 0.15) is 24.5 Å². The monoisotopic (exact) mass is 250 g/mol. The zero-order chi connectivity index (χ0) is 13.5. The number of rotatable bonds is 6. The van der Waals surface area contributed by atoms with E-state index in [0.29, 0.717) is 17.7 Å². The second-order valence-corrected chi connectivity index (χ2v) is 4.02. The minimum absolute atomic E-state index is 0.135. The quantitative estimate of drug-likeness (QED) is 0.838. The predicted molar refractivity (Wildman–Crippen MR) is 64.3 cm³/mol. The Morgan fingerprint density at radius 3 is 2.83 bits per heavy atom. The van der Waals surface area contributed by atoms with Crippen LogP contribution in [0, 0.1) is 17.1 Å². The van der Waals surface area contributed by atoms with Gasteiger partial charge < -0.3 is 5.11 Å². The van der Waals surface area contributed by atoms with Gasteiger partial charge in [0.1, 0.15) is 5.82 Å². The van der Waals surface area contributed by atoms with Crippen LogP contribution >= 0.6 is 0 Å². The Kier molecular flexibility index (Phi) is 5.28. The van der Waals surface area contributed by atoms with Gasteiger partial charge in [0.25, 0.3) is 0 Å². The zero-order valence-corrected chi connectivity index (χ0v) is 10.2. The maximum Gasteiger partial charge on any atom is 0.317 e. The predicted octanol–water partition coefficient (Wildman–Crippen LogP) is 1.99. The van der Waals surface area contributed by atoms with Gasteiger partial charge in [0, 0.05) is 12.1 Å². The first-order valence-corrected chi connectivity index (χ1v) is 5.69. The number of hydrogen-bond acceptors (Lipinski definition) is 3. The van der Waals surface area contributed by atoms with Crippen LogP contribution in [-0.2, 0) is 11.3 Å². The van der Waals surface area contributed by atoms with Crippen LogP contribution in [0.3, 0.4) is 0 Å². The normalized spacial score (nSPS) is 10.3. The molecule has 0 bridgehead atoms. The molecule has 1 rings (SSSR count). The van der Waals surface area contributed by atoms with Gasteiger partial charge in [-0.2, -0.15) is 5.26 Å². The van der Waals surface area contributed by atoms with E-state index in [2.05, 4.69) is 0 Å². The van der Waals surface area contributed by atoms with E-state index in [1.165, 1.54) is 18.2 Å². The zero-order valence-electron chi connectivity index (χ0n) is 10.2. The lowest BCUT2D eigenvalue weighted by molar-refractivity contribution is -0.138. The number of carboxylic acids is 1. The molecule has 1 aromatic carbocycles. The lowest BCUT2D eigenvalue weighted by Crippen LogP contribution is -2.30. The van der Waals surface area contributed by atoms with Gasteiger partial charge in [-0.25, -0.2) is 4.39 Å². The minimum Gasteiger partial charge on any atom is -0.480 e. The van der Waals surface area contributed by atoms with Crippen molar-refractivity contribution in [2.45, 2.75) is 19.9 Å². The molecule has 96 valence electrons. The lowest BCUT2D eigenvalue weighted by atomic mass is 10.1. The summed E-state index contributed by atoms with van der Waals surface area (Å²) >= 11 is 0. The average molecular weight is 250 g/mol. The standard InChI is InChI=1S/C13H15FN2O2/c1-2-5-16(9-13(17)18)8-11-6-10(7-15)3-4-12(11)14/h3-4,6H,2,5,8-9H2,1H3,(H,17,18). The van der Waals surface area contributed by atoms with E-state index >= 15 is 0 Å². The van der Waals surface area contributed by atoms with Crippen molar-refractivity contribution in [1.82, 2.24) is 4.90 Å². The van der Waals surface area contributed by atoms with Crippen molar-refractivity contribution in [3.05, 3.63) is 35.1 Å². The Bertz CT molecular complexity index is 469. The van der Waals surface area contributed by atoms with Crippen LogP contribution < -0.4 is 0 Å². The second-order valence-electron chi connectivity index (χ2n) is 4.02. The molecule has 0 aliphatic carbocycles. The smallest absolute Gasteiger partial charge is 0.317 e. The Balaban J connectivity index is 2.85. The molecule has 0 spiro atoms. The van der Waals surface area contributed by atoms with E-state index in [0.717, 1.165) is 6.42 Å². The molecular weight excluding hydrogens is 235 g/mol. The largest absolute Gasteiger partial charge is 0.480 e. The van der Waals surface area contributed by atoms with Crippen molar-refractivity contribution < 1.29 is 14.3 Å². The summed E-state index contributed by atoms with van der Waals surface area (Å²) in [5, 5.41) is 17.5. The third-order valence-corrected chi connectivity index (χ3v) is 2.47. The van der Waals surface area contributed by atoms with Crippen LogP contribution in [0.25, 0.3) is 0 Å². The van der Waals surface area contributed by atoms with Gasteiger partial charge in [0.2, 0.25) is 0 Å². The Hall–Kier alpha value is -1.93. The van der Waals surface area contributed by atoms with Crippen molar-refractivity contribution >= 4 is 5.97 Å². The highest BCUT2D eigenvalue weighted by molar-refractivity contribution is 5.69. The molecule has 0 aromatic heterocycles. The number of halogens is 1. The number of benzene rings is 1. The summed E-state index contributed by atoms with van der Waals surface area (Å²) in [7, 11) is 0. The van der Waals surface area contributed by atoms with Gasteiger partial charge in [-0.15, -0.1) is 0 Å². The molecule has 0 atom stereocenters. The van der Waals surface area contributed by atoms with E-state index in [1.54, 1.807) is 4.90 Å². The van der Waals surface area contributed by atoms with E-state index in [1.807, 2.05) is 13.0 Å². The molecule has 0 aliphatic heterocycles. The van der Waals surface area contributed by atoms with Gasteiger partial charge in [-0.05, 0) is 31.2 Å². The molecule has 0 aliphatic rings. The number of hydrogen-bond donors (Lipinski definition) is 1. The lowest BCUT2D eigenvalue weighted by Gasteiger charge is -2.19. The Labute approximate surface area is 105 Å². The molecule has 18 heavy (non-hydrogen) atoms. The van der Waals surface area contributed by atoms with Crippen molar-refractivity contribution in [1.29, 1.82) is 5.26 Å². The fraction of sp³-hybridized carbons (Fsp3) is 0.385. The SMILES string of the molecule is CCCN(CC(=O)O)Cc1cc(C#N)ccc1F. The van der Waals surface area contributed by atoms with E-state index in [9.17, 15) is 9.18 Å². The molecule has 1 aromatic rings. The Morgan fingerprint density at radius 1 is 1.56 bits per heavy atom. The molecule has 0 amide bonds. The molecule has 1 N–H and O–H groups in total. The van der Waals surface area contributed by atoms with E-state index < -0.39 is 11.8 Å². The summed E-state index contributed by atoms with van der Waals surface area (Å²) in [6.07, 6.45) is 0.785. The molecule has 0 saturated carbocycles. The first kappa shape index (κ1) is 14.1. The van der Waals surface area contributed by atoms with Crippen molar-refractivity contribution in [2.24, 2.45) is 0 Å². The maximum absolute atomic E-state index is 13.6. The van der Waals surface area contributed by atoms with Crippen molar-refractivity contribution in [3.63, 3.8) is 0 Å². The molecule has 5 heteroatoms. The first-order chi connectivity index (χ1) is 8.56. The third kappa shape index (κ3) is 4.15. The van der Waals surface area contributed by atoms with Gasteiger partial charge in [0.15, 0.2) is 0 Å². The van der Waals surface area contributed by atoms with Crippen LogP contribution in [0.5, 0.6) is 0 Å². The van der Waals surface area contributed by atoms with Crippen LogP contribution in [-0.4, -0.2) is 29.1 Å². The maximum atomic E-state index is 13.6. The molecule has 0 radical (unpaired) electrons. The minimum atomic E-state index is -0.944. The number of nitriles is 1. The van der Waals surface area contributed by atoms with Crippen molar-refractivity contribution in [3.8, 4) is 6.07 Å². The topological polar surface area (TPSA) is 64.3 Å². The fourth-order valence-corrected chi connectivity index (χ4v) is 1.73. The van der Waals surface area contributed by atoms with Crippen LogP contribution in [0.15, 0.2) is 18.2 Å². The molecule has 0 unspecified atom stereocenters. The molecule has 4 nitrogen and oxygen atoms in total. The van der Waals surface area contributed by atoms with E-state index in [4.69, 9.17) is 10.4 Å². The molecular formula is C13H15FN2O2.